The van der Waals surface area contributed by atoms with Crippen molar-refractivity contribution in [2.75, 3.05) is 16.6 Å². The second-order valence-electron chi connectivity index (χ2n) is 6.78. The molecule has 1 aliphatic carbocycles. The van der Waals surface area contributed by atoms with Crippen molar-refractivity contribution in [2.45, 2.75) is 42.6 Å². The number of anilines is 2. The lowest BCUT2D eigenvalue weighted by atomic mass is 9.85. The summed E-state index contributed by atoms with van der Waals surface area (Å²) >= 11 is 0. The highest BCUT2D eigenvalue weighted by molar-refractivity contribution is 7.92. The van der Waals surface area contributed by atoms with Crippen molar-refractivity contribution in [3.8, 4) is 0 Å². The van der Waals surface area contributed by atoms with Crippen molar-refractivity contribution in [1.82, 2.24) is 4.98 Å². The molecule has 1 aromatic carbocycles. The van der Waals surface area contributed by atoms with Gasteiger partial charge in [-0.1, -0.05) is 19.3 Å². The van der Waals surface area contributed by atoms with E-state index in [0.717, 1.165) is 50.4 Å². The predicted molar refractivity (Wildman–Crippen MR) is 97.9 cm³/mol. The Morgan fingerprint density at radius 1 is 1.07 bits per heavy atom. The number of benzene rings is 1. The molecule has 0 bridgehead atoms. The summed E-state index contributed by atoms with van der Waals surface area (Å²) in [6.45, 7) is 0.340. The van der Waals surface area contributed by atoms with Gasteiger partial charge in [-0.15, -0.1) is 0 Å². The Labute approximate surface area is 156 Å². The normalized spacial score (nSPS) is 16.7. The molecule has 0 amide bonds. The number of sulfonamides is 1. The minimum Gasteiger partial charge on any atom is -0.388 e. The van der Waals surface area contributed by atoms with Gasteiger partial charge in [-0.25, -0.2) is 22.2 Å². The standard InChI is InChI=1S/C18H21F2N3O3S/c19-13-8-14(20)10-15(9-13)23-27(25,26)16-4-5-17(21-11-16)22-12-18(24)6-2-1-3-7-18/h4-5,8-11,23-24H,1-3,6-7,12H2,(H,21,22). The Hall–Kier alpha value is -2.26. The minimum absolute atomic E-state index is 0.144. The molecule has 0 aliphatic heterocycles. The van der Waals surface area contributed by atoms with Gasteiger partial charge in [0.2, 0.25) is 0 Å². The maximum absolute atomic E-state index is 13.2. The smallest absolute Gasteiger partial charge is 0.263 e. The van der Waals surface area contributed by atoms with Gasteiger partial charge in [0, 0.05) is 18.8 Å². The number of halogens is 2. The van der Waals surface area contributed by atoms with E-state index in [9.17, 15) is 22.3 Å². The molecule has 3 rings (SSSR count). The molecule has 0 saturated heterocycles. The SMILES string of the molecule is O=S(=O)(Nc1cc(F)cc(F)c1)c1ccc(NCC2(O)CCCCC2)nc1. The van der Waals surface area contributed by atoms with Gasteiger partial charge in [0.15, 0.2) is 0 Å². The fourth-order valence-corrected chi connectivity index (χ4v) is 4.10. The van der Waals surface area contributed by atoms with E-state index in [1.807, 2.05) is 0 Å². The number of pyridine rings is 1. The van der Waals surface area contributed by atoms with E-state index < -0.39 is 27.3 Å². The van der Waals surface area contributed by atoms with Crippen LogP contribution in [0.2, 0.25) is 0 Å². The summed E-state index contributed by atoms with van der Waals surface area (Å²) in [5.74, 6) is -1.33. The highest BCUT2D eigenvalue weighted by Gasteiger charge is 2.28. The largest absolute Gasteiger partial charge is 0.388 e. The van der Waals surface area contributed by atoms with Crippen molar-refractivity contribution in [3.05, 3.63) is 48.2 Å². The third kappa shape index (κ3) is 5.14. The van der Waals surface area contributed by atoms with Crippen molar-refractivity contribution in [2.24, 2.45) is 0 Å². The van der Waals surface area contributed by atoms with Gasteiger partial charge in [-0.05, 0) is 37.1 Å². The second kappa shape index (κ2) is 7.77. The van der Waals surface area contributed by atoms with Crippen LogP contribution in [0.3, 0.4) is 0 Å². The number of nitrogens with zero attached hydrogens (tertiary/aromatic N) is 1. The molecule has 1 fully saturated rings. The van der Waals surface area contributed by atoms with E-state index >= 15 is 0 Å². The first-order valence-electron chi connectivity index (χ1n) is 8.67. The molecule has 1 saturated carbocycles. The Balaban J connectivity index is 1.66. The Morgan fingerprint density at radius 2 is 1.74 bits per heavy atom. The second-order valence-corrected chi connectivity index (χ2v) is 8.46. The van der Waals surface area contributed by atoms with Crippen molar-refractivity contribution < 1.29 is 22.3 Å². The highest BCUT2D eigenvalue weighted by Crippen LogP contribution is 2.28. The average Bonchev–Trinajstić information content (AvgIpc) is 2.60. The average molecular weight is 397 g/mol. The lowest BCUT2D eigenvalue weighted by Crippen LogP contribution is -2.38. The third-order valence-electron chi connectivity index (χ3n) is 4.54. The fourth-order valence-electron chi connectivity index (χ4n) is 3.11. The van der Waals surface area contributed by atoms with E-state index in [1.54, 1.807) is 0 Å². The van der Waals surface area contributed by atoms with Crippen molar-refractivity contribution >= 4 is 21.5 Å². The summed E-state index contributed by atoms with van der Waals surface area (Å²) in [5, 5.41) is 13.5. The maximum atomic E-state index is 13.2. The van der Waals surface area contributed by atoms with E-state index in [1.165, 1.54) is 12.1 Å². The Morgan fingerprint density at radius 3 is 2.33 bits per heavy atom. The first-order valence-corrected chi connectivity index (χ1v) is 10.2. The number of nitrogens with one attached hydrogen (secondary N) is 2. The zero-order valence-corrected chi connectivity index (χ0v) is 15.4. The number of aromatic nitrogens is 1. The van der Waals surface area contributed by atoms with Gasteiger partial charge < -0.3 is 10.4 Å². The number of aliphatic hydroxyl groups is 1. The van der Waals surface area contributed by atoms with Crippen LogP contribution in [0, 0.1) is 11.6 Å². The Kier molecular flexibility index (Phi) is 5.61. The van der Waals surface area contributed by atoms with E-state index in [2.05, 4.69) is 15.0 Å². The first-order chi connectivity index (χ1) is 12.8. The summed E-state index contributed by atoms with van der Waals surface area (Å²) in [4.78, 5) is 3.90. The topological polar surface area (TPSA) is 91.3 Å². The quantitative estimate of drug-likeness (QED) is 0.696. The molecule has 0 radical (unpaired) electrons. The summed E-state index contributed by atoms with van der Waals surface area (Å²) < 4.78 is 53.2. The molecular weight excluding hydrogens is 376 g/mol. The highest BCUT2D eigenvalue weighted by atomic mass is 32.2. The van der Waals surface area contributed by atoms with Crippen molar-refractivity contribution in [3.63, 3.8) is 0 Å². The van der Waals surface area contributed by atoms with Gasteiger partial charge >= 0.3 is 0 Å². The molecule has 9 heteroatoms. The van der Waals surface area contributed by atoms with Crippen LogP contribution in [0.4, 0.5) is 20.3 Å². The lowest BCUT2D eigenvalue weighted by Gasteiger charge is -2.32. The van der Waals surface area contributed by atoms with Crippen LogP contribution in [0.25, 0.3) is 0 Å². The van der Waals surface area contributed by atoms with E-state index in [0.29, 0.717) is 18.4 Å². The monoisotopic (exact) mass is 397 g/mol. The number of hydrogen-bond donors (Lipinski definition) is 3. The molecular formula is C18H21F2N3O3S. The van der Waals surface area contributed by atoms with Crippen LogP contribution < -0.4 is 10.0 Å². The minimum atomic E-state index is -4.03. The van der Waals surface area contributed by atoms with Crippen LogP contribution in [0.5, 0.6) is 0 Å². The summed E-state index contributed by atoms with van der Waals surface area (Å²) in [6, 6.07) is 5.23. The number of hydrogen-bond acceptors (Lipinski definition) is 5. The van der Waals surface area contributed by atoms with Crippen LogP contribution in [0.15, 0.2) is 41.4 Å². The zero-order valence-electron chi connectivity index (χ0n) is 14.6. The molecule has 2 aromatic rings. The van der Waals surface area contributed by atoms with Crippen LogP contribution in [-0.4, -0.2) is 30.7 Å². The predicted octanol–water partition coefficient (Wildman–Crippen LogP) is 3.27. The zero-order chi connectivity index (χ0) is 19.5. The molecule has 1 heterocycles. The first kappa shape index (κ1) is 19.5. The molecule has 1 aromatic heterocycles. The molecule has 27 heavy (non-hydrogen) atoms. The van der Waals surface area contributed by atoms with E-state index in [-0.39, 0.29) is 10.6 Å². The van der Waals surface area contributed by atoms with Crippen LogP contribution >= 0.6 is 0 Å². The van der Waals surface area contributed by atoms with Crippen LogP contribution in [-0.2, 0) is 10.0 Å². The van der Waals surface area contributed by atoms with E-state index in [4.69, 9.17) is 0 Å². The summed E-state index contributed by atoms with van der Waals surface area (Å²) in [5.41, 5.74) is -0.984. The summed E-state index contributed by atoms with van der Waals surface area (Å²) in [7, 11) is -4.03. The fraction of sp³-hybridized carbons (Fsp3) is 0.389. The summed E-state index contributed by atoms with van der Waals surface area (Å²) in [6.07, 6.45) is 5.67. The van der Waals surface area contributed by atoms with Gasteiger partial charge in [-0.3, -0.25) is 4.72 Å². The molecule has 0 atom stereocenters. The maximum Gasteiger partial charge on any atom is 0.263 e. The van der Waals surface area contributed by atoms with Gasteiger partial charge in [0.05, 0.1) is 11.3 Å². The lowest BCUT2D eigenvalue weighted by molar-refractivity contribution is 0.0166. The number of rotatable bonds is 6. The Bertz CT molecular complexity index is 878. The third-order valence-corrected chi connectivity index (χ3v) is 5.91. The van der Waals surface area contributed by atoms with Gasteiger partial charge in [0.25, 0.3) is 10.0 Å². The van der Waals surface area contributed by atoms with Crippen molar-refractivity contribution in [1.29, 1.82) is 0 Å². The molecule has 0 unspecified atom stereocenters. The molecule has 3 N–H and O–H groups in total. The molecule has 1 aliphatic rings. The van der Waals surface area contributed by atoms with Gasteiger partial charge in [-0.2, -0.15) is 0 Å². The molecule has 146 valence electrons. The molecule has 0 spiro atoms. The van der Waals surface area contributed by atoms with Gasteiger partial charge in [0.1, 0.15) is 22.3 Å². The van der Waals surface area contributed by atoms with Crippen LogP contribution in [0.1, 0.15) is 32.1 Å². The molecule has 6 nitrogen and oxygen atoms in total.